The van der Waals surface area contributed by atoms with Gasteiger partial charge in [-0.25, -0.2) is 0 Å². The molecule has 5 atom stereocenters. The molecule has 4 aliphatic carbocycles. The molecule has 4 fully saturated rings. The van der Waals surface area contributed by atoms with E-state index in [2.05, 4.69) is 20.4 Å². The van der Waals surface area contributed by atoms with E-state index in [1.54, 1.807) is 0 Å². The van der Waals surface area contributed by atoms with Crippen LogP contribution >= 0.6 is 0 Å². The molecule has 1 N–H and O–H groups in total. The molecule has 104 valence electrons. The highest BCUT2D eigenvalue weighted by molar-refractivity contribution is 5.92. The smallest absolute Gasteiger partial charge is 0.165 e. The Hall–Kier alpha value is -0.630. The Bertz CT molecular complexity index is 509. The van der Waals surface area contributed by atoms with Crippen LogP contribution in [0.4, 0.5) is 0 Å². The number of rotatable bonds is 1. The van der Waals surface area contributed by atoms with E-state index < -0.39 is 5.60 Å². The maximum atomic E-state index is 12.7. The zero-order chi connectivity index (χ0) is 13.7. The Morgan fingerprint density at radius 3 is 2.74 bits per heavy atom. The van der Waals surface area contributed by atoms with E-state index in [9.17, 15) is 9.90 Å². The third kappa shape index (κ3) is 0.904. The minimum Gasteiger partial charge on any atom is -0.381 e. The third-order valence-electron chi connectivity index (χ3n) is 7.87. The number of Topliss-reactive ketones (excluding diaryl/α,β-unsaturated/α-hetero) is 1. The summed E-state index contributed by atoms with van der Waals surface area (Å²) in [6.45, 7) is 8.55. The largest absolute Gasteiger partial charge is 0.381 e. The third-order valence-corrected chi connectivity index (χ3v) is 7.87. The van der Waals surface area contributed by atoms with Gasteiger partial charge >= 0.3 is 0 Å². The Morgan fingerprint density at radius 2 is 2.05 bits per heavy atom. The number of carbonyl (C=O) groups excluding carboxylic acids is 1. The fourth-order valence-electron chi connectivity index (χ4n) is 7.12. The van der Waals surface area contributed by atoms with Crippen LogP contribution in [0.15, 0.2) is 12.2 Å². The van der Waals surface area contributed by atoms with Gasteiger partial charge in [-0.3, -0.25) is 4.79 Å². The molecule has 2 heteroatoms. The van der Waals surface area contributed by atoms with Crippen molar-refractivity contribution in [1.29, 1.82) is 0 Å². The standard InChI is InChI=1S/C17H24O2/c1-11(2)12-9-14(3)16-6-4-5-15(12,16)10-13(18)17(14,19)8-7-16/h12,19H,1,4-10H2,2-3H3/t12?,14-,15+,16-,17+/m1/s1. The van der Waals surface area contributed by atoms with Gasteiger partial charge in [0, 0.05) is 11.8 Å². The van der Waals surface area contributed by atoms with Crippen molar-refractivity contribution < 1.29 is 9.90 Å². The summed E-state index contributed by atoms with van der Waals surface area (Å²) in [6.07, 6.45) is 6.94. The average molecular weight is 260 g/mol. The number of aliphatic hydroxyl groups is 1. The minimum absolute atomic E-state index is 0.132. The van der Waals surface area contributed by atoms with E-state index in [0.717, 1.165) is 12.8 Å². The molecule has 0 amide bonds. The topological polar surface area (TPSA) is 37.3 Å². The first kappa shape index (κ1) is 12.1. The summed E-state index contributed by atoms with van der Waals surface area (Å²) in [5.41, 5.74) is 0.342. The lowest BCUT2D eigenvalue weighted by molar-refractivity contribution is -0.170. The fraction of sp³-hybridized carbons (Fsp3) is 0.824. The molecule has 0 aromatic rings. The van der Waals surface area contributed by atoms with Crippen molar-refractivity contribution in [2.75, 3.05) is 0 Å². The number of allylic oxidation sites excluding steroid dienone is 1. The lowest BCUT2D eigenvalue weighted by Gasteiger charge is -2.54. The van der Waals surface area contributed by atoms with Crippen molar-refractivity contribution >= 4 is 5.78 Å². The highest BCUT2D eigenvalue weighted by atomic mass is 16.3. The molecule has 0 heterocycles. The predicted molar refractivity (Wildman–Crippen MR) is 73.6 cm³/mol. The number of hydrogen-bond acceptors (Lipinski definition) is 2. The van der Waals surface area contributed by atoms with Crippen molar-refractivity contribution in [3.63, 3.8) is 0 Å². The van der Waals surface area contributed by atoms with E-state index >= 15 is 0 Å². The van der Waals surface area contributed by atoms with E-state index in [1.165, 1.54) is 24.8 Å². The number of ketones is 1. The van der Waals surface area contributed by atoms with E-state index in [1.807, 2.05) is 0 Å². The lowest BCUT2D eigenvalue weighted by Crippen LogP contribution is -2.59. The van der Waals surface area contributed by atoms with Crippen LogP contribution in [-0.4, -0.2) is 16.5 Å². The minimum atomic E-state index is -1.04. The molecular formula is C17H24O2. The van der Waals surface area contributed by atoms with Gasteiger partial charge in [-0.1, -0.05) is 25.5 Å². The zero-order valence-electron chi connectivity index (χ0n) is 12.1. The van der Waals surface area contributed by atoms with E-state index in [0.29, 0.717) is 18.8 Å². The van der Waals surface area contributed by atoms with Crippen molar-refractivity contribution in [1.82, 2.24) is 0 Å². The van der Waals surface area contributed by atoms with Gasteiger partial charge in [-0.05, 0) is 55.8 Å². The van der Waals surface area contributed by atoms with Gasteiger partial charge < -0.3 is 5.11 Å². The van der Waals surface area contributed by atoms with Crippen molar-refractivity contribution in [3.8, 4) is 0 Å². The maximum absolute atomic E-state index is 12.7. The fourth-order valence-corrected chi connectivity index (χ4v) is 7.12. The summed E-state index contributed by atoms with van der Waals surface area (Å²) in [6, 6.07) is 0. The predicted octanol–water partition coefficient (Wildman–Crippen LogP) is 3.24. The van der Waals surface area contributed by atoms with E-state index in [-0.39, 0.29) is 22.0 Å². The van der Waals surface area contributed by atoms with Crippen LogP contribution in [0, 0.1) is 22.2 Å². The summed E-state index contributed by atoms with van der Waals surface area (Å²) in [7, 11) is 0. The summed E-state index contributed by atoms with van der Waals surface area (Å²) in [5.74, 6) is 0.576. The monoisotopic (exact) mass is 260 g/mol. The molecule has 0 radical (unpaired) electrons. The molecule has 0 aromatic heterocycles. The quantitative estimate of drug-likeness (QED) is 0.735. The highest BCUT2D eigenvalue weighted by Gasteiger charge is 2.83. The van der Waals surface area contributed by atoms with Gasteiger partial charge in [0.05, 0.1) is 0 Å². The molecule has 2 nitrogen and oxygen atoms in total. The van der Waals surface area contributed by atoms with Crippen molar-refractivity contribution in [3.05, 3.63) is 12.2 Å². The molecule has 4 bridgehead atoms. The van der Waals surface area contributed by atoms with Gasteiger partial charge in [0.2, 0.25) is 0 Å². The second-order valence-corrected chi connectivity index (χ2v) is 7.99. The molecule has 0 aliphatic heterocycles. The van der Waals surface area contributed by atoms with Crippen LogP contribution in [0.2, 0.25) is 0 Å². The van der Waals surface area contributed by atoms with E-state index in [4.69, 9.17) is 0 Å². The molecule has 4 rings (SSSR count). The Balaban J connectivity index is 2.01. The van der Waals surface area contributed by atoms with Crippen molar-refractivity contribution in [2.45, 2.75) is 64.4 Å². The van der Waals surface area contributed by atoms with Gasteiger partial charge in [0.25, 0.3) is 0 Å². The zero-order valence-corrected chi connectivity index (χ0v) is 12.1. The first-order valence-electron chi connectivity index (χ1n) is 7.74. The second kappa shape index (κ2) is 3.00. The number of hydrogen-bond donors (Lipinski definition) is 1. The summed E-state index contributed by atoms with van der Waals surface area (Å²) >= 11 is 0. The highest BCUT2D eigenvalue weighted by Crippen LogP contribution is 2.84. The van der Waals surface area contributed by atoms with Crippen LogP contribution in [0.5, 0.6) is 0 Å². The van der Waals surface area contributed by atoms with Crippen LogP contribution in [-0.2, 0) is 4.79 Å². The maximum Gasteiger partial charge on any atom is 0.165 e. The Labute approximate surface area is 115 Å². The molecule has 0 saturated heterocycles. The normalized spacial score (nSPS) is 58.5. The molecule has 4 saturated carbocycles. The van der Waals surface area contributed by atoms with Crippen molar-refractivity contribution in [2.24, 2.45) is 22.2 Å². The van der Waals surface area contributed by atoms with Gasteiger partial charge in [0.1, 0.15) is 5.60 Å². The first-order chi connectivity index (χ1) is 8.83. The Morgan fingerprint density at radius 1 is 1.32 bits per heavy atom. The summed E-state index contributed by atoms with van der Waals surface area (Å²) in [4.78, 5) is 12.7. The first-order valence-corrected chi connectivity index (χ1v) is 7.74. The molecule has 1 unspecified atom stereocenters. The van der Waals surface area contributed by atoms with Crippen LogP contribution < -0.4 is 0 Å². The molecule has 4 aliphatic rings. The average Bonchev–Trinajstić information content (AvgIpc) is 2.83. The van der Waals surface area contributed by atoms with Gasteiger partial charge in [-0.2, -0.15) is 0 Å². The SMILES string of the molecule is C=C(C)C1C[C@]2(C)[C@]34CCC[C@]13CC(=O)[C@@]2(O)CC4. The number of carbonyl (C=O) groups is 1. The van der Waals surface area contributed by atoms with Crippen LogP contribution in [0.25, 0.3) is 0 Å². The molecule has 19 heavy (non-hydrogen) atoms. The second-order valence-electron chi connectivity index (χ2n) is 7.99. The summed E-state index contributed by atoms with van der Waals surface area (Å²) < 4.78 is 0. The molecule has 1 spiro atoms. The molecule has 0 aromatic carbocycles. The van der Waals surface area contributed by atoms with Gasteiger partial charge in [0.15, 0.2) is 5.78 Å². The van der Waals surface area contributed by atoms with Crippen LogP contribution in [0.1, 0.15) is 58.8 Å². The summed E-state index contributed by atoms with van der Waals surface area (Å²) in [5, 5.41) is 11.1. The Kier molecular flexibility index (Phi) is 1.92. The van der Waals surface area contributed by atoms with Crippen LogP contribution in [0.3, 0.4) is 0 Å². The molecular weight excluding hydrogens is 236 g/mol. The van der Waals surface area contributed by atoms with Gasteiger partial charge in [-0.15, -0.1) is 0 Å². The lowest BCUT2D eigenvalue weighted by atomic mass is 9.50.